The van der Waals surface area contributed by atoms with E-state index in [1.165, 1.54) is 48.7 Å². The third-order valence-electron chi connectivity index (χ3n) is 7.14. The fourth-order valence-electron chi connectivity index (χ4n) is 4.46. The van der Waals surface area contributed by atoms with Gasteiger partial charge in [-0.15, -0.1) is 0 Å². The molecule has 0 bridgehead atoms. The summed E-state index contributed by atoms with van der Waals surface area (Å²) in [6.07, 6.45) is 1.57. The van der Waals surface area contributed by atoms with Gasteiger partial charge in [-0.05, 0) is 35.4 Å². The molecule has 0 aliphatic heterocycles. The van der Waals surface area contributed by atoms with E-state index in [0.717, 1.165) is 6.07 Å². The van der Waals surface area contributed by atoms with Gasteiger partial charge in [0, 0.05) is 54.2 Å². The second kappa shape index (κ2) is 33.6. The van der Waals surface area contributed by atoms with Crippen LogP contribution in [-0.2, 0) is 39.0 Å². The smallest absolute Gasteiger partial charge is 0.748 e. The van der Waals surface area contributed by atoms with Gasteiger partial charge in [-0.2, -0.15) is 38.6 Å². The molecule has 2 atom stereocenters. The van der Waals surface area contributed by atoms with E-state index >= 15 is 0 Å². The van der Waals surface area contributed by atoms with Crippen LogP contribution in [0.25, 0.3) is 12.2 Å². The van der Waals surface area contributed by atoms with Crippen molar-refractivity contribution < 1.29 is 194 Å². The molecule has 4 rings (SSSR count). The van der Waals surface area contributed by atoms with E-state index in [2.05, 4.69) is 80.2 Å². The van der Waals surface area contributed by atoms with Gasteiger partial charge < -0.3 is 66.6 Å². The van der Waals surface area contributed by atoms with Gasteiger partial charge in [0.15, 0.2) is 0 Å². The Hall–Kier alpha value is -1.01. The average molecular weight is 1040 g/mol. The Morgan fingerprint density at radius 3 is 1.76 bits per heavy atom. The molecule has 0 aliphatic rings. The average Bonchev–Trinajstić information content (AvgIpc) is 3.22. The summed E-state index contributed by atoms with van der Waals surface area (Å²) < 4.78 is 79.3. The Labute approximate surface area is 473 Å². The number of aliphatic imine (C=N–C) groups is 1. The van der Waals surface area contributed by atoms with Crippen LogP contribution < -0.4 is 155 Å². The topological polar surface area (TPSA) is 428 Å². The van der Waals surface area contributed by atoms with Crippen molar-refractivity contribution in [1.29, 1.82) is 0 Å². The second-order valence-corrected chi connectivity index (χ2v) is 16.0. The van der Waals surface area contributed by atoms with Gasteiger partial charge in [0.25, 0.3) is 5.95 Å². The van der Waals surface area contributed by atoms with Gasteiger partial charge in [0.1, 0.15) is 10.1 Å². The number of hydrogen-bond acceptors (Lipinski definition) is 30. The maximum atomic E-state index is 12.5. The molecule has 66 heavy (non-hydrogen) atoms. The summed E-state index contributed by atoms with van der Waals surface area (Å²) in [5.41, 5.74) is 0.517. The van der Waals surface area contributed by atoms with Gasteiger partial charge >= 0.3 is 118 Å². The number of nitrogens with one attached hydrogen (secondary N) is 5. The van der Waals surface area contributed by atoms with Crippen LogP contribution in [-0.4, -0.2) is 139 Å². The zero-order valence-corrected chi connectivity index (χ0v) is 46.5. The predicted octanol–water partition coefficient (Wildman–Crippen LogP) is -14.1. The number of aliphatic hydroxyl groups excluding tert-OH is 4. The predicted molar refractivity (Wildman–Crippen MR) is 213 cm³/mol. The van der Waals surface area contributed by atoms with Crippen molar-refractivity contribution in [3.05, 3.63) is 47.5 Å². The number of rotatable bonds is 27. The van der Waals surface area contributed by atoms with Gasteiger partial charge in [-0.1, -0.05) is 24.3 Å². The van der Waals surface area contributed by atoms with E-state index in [9.17, 15) is 46.7 Å². The first-order valence-electron chi connectivity index (χ1n) is 17.0. The van der Waals surface area contributed by atoms with Crippen molar-refractivity contribution in [2.75, 3.05) is 70.9 Å². The Morgan fingerprint density at radius 1 is 0.697 bits per heavy atom. The second-order valence-electron chi connectivity index (χ2n) is 11.7. The number of anilines is 7. The Balaban J connectivity index is 0.0000106. The Morgan fingerprint density at radius 2 is 1.20 bits per heavy atom. The summed E-state index contributed by atoms with van der Waals surface area (Å²) in [6, 6.07) is 8.11. The van der Waals surface area contributed by atoms with Crippen molar-refractivity contribution in [2.45, 2.75) is 22.0 Å². The molecule has 0 radical (unpaired) electrons. The molecule has 28 nitrogen and oxygen atoms in total. The third-order valence-corrected chi connectivity index (χ3v) is 9.83. The Bertz CT molecular complexity index is 2390. The zero-order valence-electron chi connectivity index (χ0n) is 35.3. The van der Waals surface area contributed by atoms with E-state index < -0.39 is 56.3 Å². The summed E-state index contributed by atoms with van der Waals surface area (Å²) in [6.45, 7) is -1.88. The van der Waals surface area contributed by atoms with Crippen molar-refractivity contribution in [2.24, 2.45) is 4.99 Å². The summed E-state index contributed by atoms with van der Waals surface area (Å²) in [4.78, 5) is 28.2. The van der Waals surface area contributed by atoms with Gasteiger partial charge in [0.05, 0.1) is 64.0 Å². The molecule has 9 N–H and O–H groups in total. The minimum Gasteiger partial charge on any atom is -0.748 e. The molecule has 0 saturated carbocycles. The quantitative estimate of drug-likeness (QED) is 0.00391. The van der Waals surface area contributed by atoms with Crippen molar-refractivity contribution in [3.63, 3.8) is 0 Å². The van der Waals surface area contributed by atoms with Crippen molar-refractivity contribution in [1.82, 2.24) is 29.9 Å². The van der Waals surface area contributed by atoms with Crippen molar-refractivity contribution in [3.8, 4) is 0 Å². The standard InChI is InChI=1S/C30H38N12O16S4.4Na/c43-15-21(45)13-33-27-37-25(31-7-9-59-57-55-47)39-30(42-27)36-20-6-4-18(24(12-20)62(52,53)54)2-1-17-3-5-19(11-23(17)60-58-56-48)35-29-40-26(32-8-10-61(49,50)51)38-28(41-29)34-14-22(46)16-44;;;;/h1-7,11-12,21-22,43-48H,8-10,13-16H2,(H,49,50,51)(H,52,53,54)(H2,33,36,37,39,42)(H3,32,34,35,38,40,41);;;;/q;4*+1/p-4/b2-1?,31-7-;;;;. The van der Waals surface area contributed by atoms with Crippen LogP contribution in [0.2, 0.25) is 0 Å². The Kier molecular flexibility index (Phi) is 33.0. The molecule has 2 aromatic carbocycles. The van der Waals surface area contributed by atoms with Crippen LogP contribution in [0.5, 0.6) is 0 Å². The van der Waals surface area contributed by atoms with E-state index in [0.29, 0.717) is 29.6 Å². The van der Waals surface area contributed by atoms with Crippen LogP contribution in [0, 0.1) is 0 Å². The summed E-state index contributed by atoms with van der Waals surface area (Å²) >= 11 is 1.06. The molecule has 0 saturated heterocycles. The fourth-order valence-corrected chi connectivity index (χ4v) is 6.24. The van der Waals surface area contributed by atoms with Crippen LogP contribution in [0.1, 0.15) is 11.1 Å². The monoisotopic (exact) mass is 1040 g/mol. The first kappa shape index (κ1) is 65.0. The van der Waals surface area contributed by atoms with Gasteiger partial charge in [-0.3, -0.25) is 10.1 Å². The summed E-state index contributed by atoms with van der Waals surface area (Å²) in [5, 5.41) is 78.8. The van der Waals surface area contributed by atoms with E-state index in [4.69, 9.17) is 10.2 Å². The number of benzene rings is 2. The van der Waals surface area contributed by atoms with Crippen LogP contribution in [0.3, 0.4) is 0 Å². The minimum atomic E-state index is -5.14. The molecule has 2 aromatic heterocycles. The summed E-state index contributed by atoms with van der Waals surface area (Å²) in [7, 11) is -9.71. The number of hydrogen-bond donors (Lipinski definition) is 9. The molecule has 2 heterocycles. The molecule has 0 fully saturated rings. The first-order valence-corrected chi connectivity index (χ1v) is 21.7. The molecule has 0 spiro atoms. The van der Waals surface area contributed by atoms with E-state index in [-0.39, 0.29) is 201 Å². The van der Waals surface area contributed by atoms with Crippen molar-refractivity contribution >= 4 is 110 Å². The molecular formula is C30H34N12Na4O16S4. The normalized spacial score (nSPS) is 12.2. The van der Waals surface area contributed by atoms with E-state index in [1.54, 1.807) is 0 Å². The fraction of sp³-hybridized carbons (Fsp3) is 0.300. The molecule has 2 unspecified atom stereocenters. The molecule has 0 amide bonds. The maximum Gasteiger partial charge on any atom is 1.00 e. The van der Waals surface area contributed by atoms with Gasteiger partial charge in [0.2, 0.25) is 29.7 Å². The first-order chi connectivity index (χ1) is 29.6. The molecular weight excluding hydrogens is 1000 g/mol. The number of aromatic nitrogens is 6. The van der Waals surface area contributed by atoms with Crippen LogP contribution >= 0.6 is 24.1 Å². The van der Waals surface area contributed by atoms with Crippen LogP contribution in [0.15, 0.2) is 51.2 Å². The molecule has 338 valence electrons. The molecule has 0 aliphatic carbocycles. The zero-order chi connectivity index (χ0) is 45.1. The SMILES string of the molecule is O=S(=O)([O-])CCNc1nc(NCC(O)CO)nc(Nc2ccc(C=Cc3ccc(Nc4nc(/N=C\CSOO[O-])nc(NCC(O)CO)n4)cc3S(=O)(=O)[O-])c(SOO[O-])c2)n1.[Na+].[Na+].[Na+].[Na+]. The number of aliphatic hydroxyl groups is 4. The summed E-state index contributed by atoms with van der Waals surface area (Å²) in [5.74, 6) is -1.70. The van der Waals surface area contributed by atoms with Gasteiger partial charge in [-0.25, -0.2) is 21.8 Å². The third kappa shape index (κ3) is 24.2. The van der Waals surface area contributed by atoms with E-state index in [1.807, 2.05) is 0 Å². The number of nitrogens with zero attached hydrogens (tertiary/aromatic N) is 7. The minimum absolute atomic E-state index is 0. The maximum absolute atomic E-state index is 12.5. The van der Waals surface area contributed by atoms with Crippen LogP contribution in [0.4, 0.5) is 47.1 Å². The molecule has 36 heteroatoms. The molecule has 4 aromatic rings. The largest absolute Gasteiger partial charge is 1.00 e.